The van der Waals surface area contributed by atoms with Crippen molar-refractivity contribution in [2.45, 2.75) is 41.5 Å². The van der Waals surface area contributed by atoms with Gasteiger partial charge in [-0.05, 0) is 38.8 Å². The van der Waals surface area contributed by atoms with E-state index in [1.54, 1.807) is 0 Å². The molecule has 0 unspecified atom stereocenters. The highest BCUT2D eigenvalue weighted by molar-refractivity contribution is 5.66. The molecule has 28 heavy (non-hydrogen) atoms. The van der Waals surface area contributed by atoms with E-state index in [9.17, 15) is 9.59 Å². The summed E-state index contributed by atoms with van der Waals surface area (Å²) in [4.78, 5) is 21.5. The molecule has 0 aromatic heterocycles. The molecule has 0 saturated heterocycles. The molecule has 0 N–H and O–H groups in total. The highest BCUT2D eigenvalue weighted by Crippen LogP contribution is 2.02. The zero-order chi connectivity index (χ0) is 21.4. The van der Waals surface area contributed by atoms with Crippen LogP contribution in [0.2, 0.25) is 0 Å². The SMILES string of the molecule is CC(=O)OC/C(C)=C/C=C/C(C)=C/C=C/C=C(C)/C=C/C=C(\C)COC(C)=O. The van der Waals surface area contributed by atoms with Crippen molar-refractivity contribution < 1.29 is 19.1 Å². The lowest BCUT2D eigenvalue weighted by molar-refractivity contribution is -0.140. The minimum absolute atomic E-state index is 0.274. The second-order valence-corrected chi connectivity index (χ2v) is 6.51. The first-order valence-electron chi connectivity index (χ1n) is 9.17. The Hall–Kier alpha value is -2.88. The Labute approximate surface area is 169 Å². The molecule has 0 spiro atoms. The van der Waals surface area contributed by atoms with Gasteiger partial charge >= 0.3 is 11.9 Å². The molecule has 0 saturated carbocycles. The van der Waals surface area contributed by atoms with Crippen LogP contribution in [-0.2, 0) is 19.1 Å². The molecule has 4 nitrogen and oxygen atoms in total. The summed E-state index contributed by atoms with van der Waals surface area (Å²) in [6.45, 7) is 11.3. The molecule has 0 heterocycles. The van der Waals surface area contributed by atoms with Crippen molar-refractivity contribution in [3.8, 4) is 0 Å². The summed E-state index contributed by atoms with van der Waals surface area (Å²) in [7, 11) is 0. The van der Waals surface area contributed by atoms with Gasteiger partial charge in [0.15, 0.2) is 0 Å². The van der Waals surface area contributed by atoms with Crippen LogP contribution in [0.1, 0.15) is 41.5 Å². The summed E-state index contributed by atoms with van der Waals surface area (Å²) in [6, 6.07) is 0. The molecule has 0 rings (SSSR count). The summed E-state index contributed by atoms with van der Waals surface area (Å²) < 4.78 is 9.85. The van der Waals surface area contributed by atoms with E-state index in [1.807, 2.05) is 88.5 Å². The molecule has 0 bridgehead atoms. The fraction of sp³-hybridized carbons (Fsp3) is 0.333. The fourth-order valence-corrected chi connectivity index (χ4v) is 1.78. The molecule has 0 radical (unpaired) electrons. The Bertz CT molecular complexity index is 664. The van der Waals surface area contributed by atoms with Gasteiger partial charge < -0.3 is 9.47 Å². The summed E-state index contributed by atoms with van der Waals surface area (Å²) in [6.07, 6.45) is 19.7. The van der Waals surface area contributed by atoms with Crippen molar-refractivity contribution in [3.63, 3.8) is 0 Å². The van der Waals surface area contributed by atoms with Gasteiger partial charge in [0.25, 0.3) is 0 Å². The third kappa shape index (κ3) is 16.6. The van der Waals surface area contributed by atoms with E-state index < -0.39 is 0 Å². The van der Waals surface area contributed by atoms with E-state index in [1.165, 1.54) is 13.8 Å². The van der Waals surface area contributed by atoms with Crippen LogP contribution in [0.15, 0.2) is 83.1 Å². The van der Waals surface area contributed by atoms with Gasteiger partial charge in [0.05, 0.1) is 0 Å². The standard InChI is InChI=1S/C24H32O4/c1-19(13-9-15-21(3)17-27-23(5)25)11-7-8-12-20(2)14-10-16-22(4)18-28-24(6)26/h7-16H,17-18H2,1-6H3/b8-7+,13-9+,14-10+,19-11+,20-12+,21-15+,22-16+. The summed E-state index contributed by atoms with van der Waals surface area (Å²) in [5.74, 6) is -0.548. The third-order valence-electron chi connectivity index (χ3n) is 3.32. The van der Waals surface area contributed by atoms with Gasteiger partial charge in [-0.3, -0.25) is 9.59 Å². The predicted molar refractivity (Wildman–Crippen MR) is 116 cm³/mol. The topological polar surface area (TPSA) is 52.6 Å². The lowest BCUT2D eigenvalue weighted by Crippen LogP contribution is -2.00. The summed E-state index contributed by atoms with van der Waals surface area (Å²) in [5, 5.41) is 0. The lowest BCUT2D eigenvalue weighted by atomic mass is 10.2. The van der Waals surface area contributed by atoms with Crippen molar-refractivity contribution in [2.75, 3.05) is 13.2 Å². The summed E-state index contributed by atoms with van der Waals surface area (Å²) >= 11 is 0. The zero-order valence-corrected chi connectivity index (χ0v) is 17.8. The van der Waals surface area contributed by atoms with Crippen LogP contribution in [0.3, 0.4) is 0 Å². The monoisotopic (exact) mass is 384 g/mol. The van der Waals surface area contributed by atoms with Crippen molar-refractivity contribution in [1.29, 1.82) is 0 Å². The number of carbonyl (C=O) groups is 2. The molecule has 0 aromatic rings. The maximum absolute atomic E-state index is 10.7. The van der Waals surface area contributed by atoms with Crippen LogP contribution >= 0.6 is 0 Å². The molecule has 0 atom stereocenters. The molecule has 0 aliphatic heterocycles. The molecular formula is C24H32O4. The quantitative estimate of drug-likeness (QED) is 0.365. The summed E-state index contributed by atoms with van der Waals surface area (Å²) in [5.41, 5.74) is 4.19. The van der Waals surface area contributed by atoms with Crippen LogP contribution in [0, 0.1) is 0 Å². The van der Waals surface area contributed by atoms with Crippen LogP contribution in [0.5, 0.6) is 0 Å². The molecule has 152 valence electrons. The van der Waals surface area contributed by atoms with Gasteiger partial charge in [-0.2, -0.15) is 0 Å². The molecule has 0 aromatic carbocycles. The molecule has 0 aliphatic carbocycles. The fourth-order valence-electron chi connectivity index (χ4n) is 1.78. The van der Waals surface area contributed by atoms with Crippen molar-refractivity contribution in [3.05, 3.63) is 83.1 Å². The normalized spacial score (nSPS) is 14.4. The van der Waals surface area contributed by atoms with Crippen molar-refractivity contribution in [1.82, 2.24) is 0 Å². The van der Waals surface area contributed by atoms with Crippen LogP contribution < -0.4 is 0 Å². The van der Waals surface area contributed by atoms with Gasteiger partial charge in [-0.25, -0.2) is 0 Å². The largest absolute Gasteiger partial charge is 0.461 e. The zero-order valence-electron chi connectivity index (χ0n) is 17.8. The lowest BCUT2D eigenvalue weighted by Gasteiger charge is -1.99. The van der Waals surface area contributed by atoms with E-state index in [0.29, 0.717) is 13.2 Å². The van der Waals surface area contributed by atoms with Gasteiger partial charge in [0, 0.05) is 13.8 Å². The molecule has 0 fully saturated rings. The number of ether oxygens (including phenoxy) is 2. The van der Waals surface area contributed by atoms with Gasteiger partial charge in [0.1, 0.15) is 13.2 Å². The van der Waals surface area contributed by atoms with E-state index in [0.717, 1.165) is 22.3 Å². The first-order valence-corrected chi connectivity index (χ1v) is 9.17. The maximum atomic E-state index is 10.7. The number of allylic oxidation sites excluding steroid dienone is 12. The second-order valence-electron chi connectivity index (χ2n) is 6.51. The Morgan fingerprint density at radius 1 is 0.571 bits per heavy atom. The average Bonchev–Trinajstić information content (AvgIpc) is 2.61. The minimum atomic E-state index is -0.274. The highest BCUT2D eigenvalue weighted by Gasteiger charge is 1.93. The Kier molecular flexibility index (Phi) is 13.6. The third-order valence-corrected chi connectivity index (χ3v) is 3.32. The van der Waals surface area contributed by atoms with Crippen LogP contribution in [0.4, 0.5) is 0 Å². The predicted octanol–water partition coefficient (Wildman–Crippen LogP) is 5.57. The van der Waals surface area contributed by atoms with E-state index in [4.69, 9.17) is 9.47 Å². The Morgan fingerprint density at radius 3 is 1.25 bits per heavy atom. The first-order chi connectivity index (χ1) is 13.2. The van der Waals surface area contributed by atoms with Gasteiger partial charge in [-0.15, -0.1) is 0 Å². The van der Waals surface area contributed by atoms with Crippen molar-refractivity contribution in [2.24, 2.45) is 0 Å². The van der Waals surface area contributed by atoms with E-state index in [-0.39, 0.29) is 11.9 Å². The Balaban J connectivity index is 4.50. The molecule has 0 aliphatic rings. The minimum Gasteiger partial charge on any atom is -0.461 e. The van der Waals surface area contributed by atoms with Crippen LogP contribution in [0.25, 0.3) is 0 Å². The molecular weight excluding hydrogens is 352 g/mol. The smallest absolute Gasteiger partial charge is 0.302 e. The first kappa shape index (κ1) is 25.1. The second kappa shape index (κ2) is 15.2. The number of carbonyl (C=O) groups excluding carboxylic acids is 2. The van der Waals surface area contributed by atoms with Gasteiger partial charge in [0.2, 0.25) is 0 Å². The number of rotatable bonds is 10. The van der Waals surface area contributed by atoms with E-state index >= 15 is 0 Å². The number of hydrogen-bond acceptors (Lipinski definition) is 4. The highest BCUT2D eigenvalue weighted by atomic mass is 16.5. The van der Waals surface area contributed by atoms with E-state index in [2.05, 4.69) is 0 Å². The van der Waals surface area contributed by atoms with Crippen molar-refractivity contribution >= 4 is 11.9 Å². The number of hydrogen-bond donors (Lipinski definition) is 0. The number of esters is 2. The van der Waals surface area contributed by atoms with Gasteiger partial charge in [-0.1, -0.05) is 71.9 Å². The molecule has 4 heteroatoms. The molecule has 0 amide bonds. The Morgan fingerprint density at radius 2 is 0.929 bits per heavy atom. The van der Waals surface area contributed by atoms with Crippen LogP contribution in [-0.4, -0.2) is 25.2 Å². The average molecular weight is 385 g/mol. The maximum Gasteiger partial charge on any atom is 0.302 e.